The van der Waals surface area contributed by atoms with Gasteiger partial charge in [-0.05, 0) is 115 Å². The molecule has 3 aromatic rings. The minimum absolute atomic E-state index is 0. The lowest BCUT2D eigenvalue weighted by atomic mass is 9.84. The van der Waals surface area contributed by atoms with E-state index in [0.29, 0.717) is 72.2 Å². The number of morpholine rings is 1. The lowest BCUT2D eigenvalue weighted by Crippen LogP contribution is -2.62. The fourth-order valence-electron chi connectivity index (χ4n) is 11.3. The molecule has 2 N–H and O–H groups in total. The quantitative estimate of drug-likeness (QED) is 0.185. The van der Waals surface area contributed by atoms with Gasteiger partial charge in [-0.2, -0.15) is 94.1 Å². The molecule has 0 aliphatic carbocycles. The summed E-state index contributed by atoms with van der Waals surface area (Å²) in [5, 5.41) is 5.00. The Bertz CT molecular complexity index is 2760. The summed E-state index contributed by atoms with van der Waals surface area (Å²) in [6.07, 6.45) is -2.24. The van der Waals surface area contributed by atoms with Crippen molar-refractivity contribution >= 4 is 127 Å². The van der Waals surface area contributed by atoms with E-state index in [0.717, 1.165) is 5.69 Å². The number of nitrogens with one attached hydrogen (secondary N) is 2. The minimum Gasteiger partial charge on any atom is -0.464 e. The van der Waals surface area contributed by atoms with E-state index in [1.165, 1.54) is 16.7 Å². The molecule has 81 heavy (non-hydrogen) atoms. The van der Waals surface area contributed by atoms with Crippen LogP contribution in [0.4, 0.5) is 18.9 Å². The lowest BCUT2D eigenvalue weighted by Gasteiger charge is -2.39. The van der Waals surface area contributed by atoms with E-state index in [-0.39, 0.29) is 151 Å². The SMILES string of the molecule is CO[C@@H](C)c1ncccc1-c1c2c3cc(ccc3n1CC(F)(F)F)N1CCO[C@@H](C[C@H](NC(=O)[C@H](C(C)C)N3CC[C@]4(CCN(C(=O)C#CC(C)(C)N(C)C)C4)C3=O)C(=O)N3CCC[C@H](N3)C(=O)OCC(C)(C)C2)C1.S.S.S.S.S.S. The van der Waals surface area contributed by atoms with Crippen LogP contribution in [0.15, 0.2) is 36.5 Å². The number of benzene rings is 1. The second-order valence-corrected chi connectivity index (χ2v) is 22.9. The van der Waals surface area contributed by atoms with Crippen LogP contribution < -0.4 is 15.6 Å². The monoisotopic (exact) mass is 1250 g/mol. The largest absolute Gasteiger partial charge is 0.464 e. The molecule has 0 radical (unpaired) electrons. The van der Waals surface area contributed by atoms with Crippen LogP contribution in [0.25, 0.3) is 22.2 Å². The first-order valence-corrected chi connectivity index (χ1v) is 26.2. The molecule has 1 spiro atoms. The molecule has 0 unspecified atom stereocenters. The van der Waals surface area contributed by atoms with E-state index >= 15 is 0 Å². The van der Waals surface area contributed by atoms with Gasteiger partial charge in [0.2, 0.25) is 11.8 Å². The van der Waals surface area contributed by atoms with E-state index in [2.05, 4.69) is 32.5 Å². The predicted octanol–water partition coefficient (Wildman–Crippen LogP) is 6.17. The standard InChI is InChI=1S/C55H74F3N9O8.6H2S/c1-34(2)46(65-24-20-54(51(65)72)19-23-64(31-54)44(68)17-18-53(6,7)62(8)9)48(69)60-42-28-37-30-63(25-26-74-37)36-15-16-43-39(27-36)40(29-52(4,5)33-75-50(71)41-14-12-22-67(61-41)49(42)70)47(66(43)32-55(56,57)58)38-13-11-21-59-45(38)35(3)73-10;;;;;;/h11,13,15-16,21,27,34-35,37,41-42,46,61H,12,14,19-20,22-26,28-33H2,1-10H3,(H,60,69);6*1H2/t35-,37-,41-,42-,46-,54-;;;;;;/m0....../s1. The summed E-state index contributed by atoms with van der Waals surface area (Å²) in [5.41, 5.74) is 3.91. The summed E-state index contributed by atoms with van der Waals surface area (Å²) in [4.78, 5) is 83.4. The second kappa shape index (κ2) is 29.4. The number of hydrogen-bond acceptors (Lipinski definition) is 12. The molecular formula is C55H86F3N9O8S6. The molecule has 0 saturated carbocycles. The Labute approximate surface area is 517 Å². The van der Waals surface area contributed by atoms with Crippen molar-refractivity contribution in [2.45, 2.75) is 136 Å². The third-order valence-corrected chi connectivity index (χ3v) is 16.0. The average Bonchev–Trinajstić information content (AvgIpc) is 4.03. The molecule has 4 saturated heterocycles. The molecule has 26 heteroatoms. The van der Waals surface area contributed by atoms with Crippen LogP contribution in [0.5, 0.6) is 0 Å². The molecular weight excluding hydrogens is 1160 g/mol. The molecule has 456 valence electrons. The number of amides is 4. The van der Waals surface area contributed by atoms with Gasteiger partial charge >= 0.3 is 12.1 Å². The van der Waals surface area contributed by atoms with E-state index < -0.39 is 77.2 Å². The predicted molar refractivity (Wildman–Crippen MR) is 338 cm³/mol. The number of methoxy groups -OCH3 is 1. The van der Waals surface area contributed by atoms with Crippen LogP contribution in [0.1, 0.15) is 97.9 Å². The zero-order chi connectivity index (χ0) is 54.4. The first-order chi connectivity index (χ1) is 35.3. The van der Waals surface area contributed by atoms with Gasteiger partial charge in [0.1, 0.15) is 24.7 Å². The zero-order valence-corrected chi connectivity index (χ0v) is 54.1. The number of halogens is 3. The van der Waals surface area contributed by atoms with Crippen molar-refractivity contribution in [3.05, 3.63) is 47.8 Å². The van der Waals surface area contributed by atoms with Gasteiger partial charge in [-0.15, -0.1) is 0 Å². The first kappa shape index (κ1) is 73.5. The normalized spacial score (nSPS) is 22.8. The Morgan fingerprint density at radius 1 is 0.988 bits per heavy atom. The van der Waals surface area contributed by atoms with Gasteiger partial charge in [0.25, 0.3) is 11.8 Å². The van der Waals surface area contributed by atoms with Gasteiger partial charge in [-0.1, -0.05) is 33.6 Å². The number of hydrogen-bond donors (Lipinski definition) is 2. The third-order valence-electron chi connectivity index (χ3n) is 16.0. The molecule has 4 fully saturated rings. The second-order valence-electron chi connectivity index (χ2n) is 22.9. The molecule has 6 bridgehead atoms. The fourth-order valence-corrected chi connectivity index (χ4v) is 11.3. The van der Waals surface area contributed by atoms with E-state index in [1.54, 1.807) is 47.2 Å². The van der Waals surface area contributed by atoms with Crippen LogP contribution in [-0.4, -0.2) is 168 Å². The number of aromatic nitrogens is 2. The molecule has 1 aromatic carbocycles. The molecule has 5 aliphatic rings. The van der Waals surface area contributed by atoms with Crippen molar-refractivity contribution < 1.29 is 51.4 Å². The summed E-state index contributed by atoms with van der Waals surface area (Å²) < 4.78 is 63.7. The molecule has 2 aromatic heterocycles. The van der Waals surface area contributed by atoms with Crippen molar-refractivity contribution in [3.8, 4) is 23.1 Å². The first-order valence-electron chi connectivity index (χ1n) is 26.2. The van der Waals surface area contributed by atoms with Gasteiger partial charge in [0.15, 0.2) is 0 Å². The molecule has 4 amide bonds. The van der Waals surface area contributed by atoms with Gasteiger partial charge in [-0.25, -0.2) is 5.43 Å². The van der Waals surface area contributed by atoms with Crippen molar-refractivity contribution in [1.82, 2.24) is 40.0 Å². The van der Waals surface area contributed by atoms with Gasteiger partial charge in [0, 0.05) is 86.6 Å². The van der Waals surface area contributed by atoms with Crippen LogP contribution in [0, 0.1) is 28.6 Å². The highest BCUT2D eigenvalue weighted by Crippen LogP contribution is 2.44. The van der Waals surface area contributed by atoms with Gasteiger partial charge in [0.05, 0.1) is 47.8 Å². The Morgan fingerprint density at radius 3 is 2.33 bits per heavy atom. The maximum Gasteiger partial charge on any atom is 0.406 e. The Kier molecular flexibility index (Phi) is 26.7. The number of carbonyl (C=O) groups is 5. The number of ether oxygens (including phenoxy) is 3. The third kappa shape index (κ3) is 16.2. The van der Waals surface area contributed by atoms with Gasteiger partial charge < -0.3 is 38.8 Å². The van der Waals surface area contributed by atoms with E-state index in [4.69, 9.17) is 14.2 Å². The van der Waals surface area contributed by atoms with Crippen LogP contribution in [0.2, 0.25) is 0 Å². The van der Waals surface area contributed by atoms with Crippen molar-refractivity contribution in [3.63, 3.8) is 0 Å². The number of alkyl halides is 3. The Balaban J connectivity index is 0.00000374. The van der Waals surface area contributed by atoms with Crippen LogP contribution in [-0.2, 0) is 51.1 Å². The summed E-state index contributed by atoms with van der Waals surface area (Å²) in [6.45, 7) is 13.8. The molecule has 17 nitrogen and oxygen atoms in total. The van der Waals surface area contributed by atoms with Crippen LogP contribution >= 0.6 is 81.0 Å². The summed E-state index contributed by atoms with van der Waals surface area (Å²) in [5.74, 6) is 3.29. The van der Waals surface area contributed by atoms with Crippen LogP contribution in [0.3, 0.4) is 0 Å². The molecule has 7 heterocycles. The number of likely N-dealkylation sites (tertiary alicyclic amines) is 2. The number of fused-ring (bicyclic) bond motifs is 6. The number of anilines is 1. The summed E-state index contributed by atoms with van der Waals surface area (Å²) in [7, 11) is 5.30. The topological polar surface area (TPSA) is 171 Å². The minimum atomic E-state index is -4.59. The molecule has 5 aliphatic heterocycles. The average molecular weight is 1250 g/mol. The van der Waals surface area contributed by atoms with E-state index in [9.17, 15) is 37.1 Å². The van der Waals surface area contributed by atoms with Gasteiger partial charge in [-0.3, -0.25) is 38.9 Å². The highest BCUT2D eigenvalue weighted by molar-refractivity contribution is 7.60. The number of esters is 1. The number of pyridine rings is 1. The van der Waals surface area contributed by atoms with Crippen molar-refractivity contribution in [2.24, 2.45) is 16.7 Å². The number of hydrazine groups is 1. The zero-order valence-electron chi connectivity index (χ0n) is 48.1. The lowest BCUT2D eigenvalue weighted by molar-refractivity contribution is -0.156. The highest BCUT2D eigenvalue weighted by atomic mass is 32.1. The smallest absolute Gasteiger partial charge is 0.406 e. The number of nitrogens with zero attached hydrogens (tertiary/aromatic N) is 7. The summed E-state index contributed by atoms with van der Waals surface area (Å²) >= 11 is 0. The Morgan fingerprint density at radius 2 is 1.68 bits per heavy atom. The van der Waals surface area contributed by atoms with Crippen molar-refractivity contribution in [1.29, 1.82) is 0 Å². The maximum absolute atomic E-state index is 14.9. The number of cyclic esters (lactones) is 1. The summed E-state index contributed by atoms with van der Waals surface area (Å²) in [6, 6.07) is 5.83. The Hall–Kier alpha value is -3.65. The van der Waals surface area contributed by atoms with Crippen molar-refractivity contribution in [2.75, 3.05) is 78.6 Å². The number of carbonyl (C=O) groups excluding carboxylic acids is 5. The molecule has 6 atom stereocenters. The maximum atomic E-state index is 14.9. The highest BCUT2D eigenvalue weighted by Gasteiger charge is 2.54. The number of rotatable bonds is 9. The fraction of sp³-hybridized carbons (Fsp3) is 0.636. The molecule has 8 rings (SSSR count). The van der Waals surface area contributed by atoms with E-state index in [1.807, 2.05) is 66.6 Å².